The summed E-state index contributed by atoms with van der Waals surface area (Å²) < 4.78 is 5.86. The van der Waals surface area contributed by atoms with Gasteiger partial charge in [-0.1, -0.05) is 26.0 Å². The van der Waals surface area contributed by atoms with Crippen LogP contribution in [0.3, 0.4) is 0 Å². The highest BCUT2D eigenvalue weighted by Gasteiger charge is 2.67. The number of benzene rings is 2. The van der Waals surface area contributed by atoms with Crippen molar-refractivity contribution in [2.75, 3.05) is 26.7 Å². The average Bonchev–Trinajstić information content (AvgIpc) is 3.22. The number of rotatable bonds is 5. The molecule has 3 fully saturated rings. The fourth-order valence-corrected chi connectivity index (χ4v) is 6.98. The third-order valence-corrected chi connectivity index (χ3v) is 8.96. The van der Waals surface area contributed by atoms with Gasteiger partial charge in [0.15, 0.2) is 0 Å². The molecule has 3 heterocycles. The first kappa shape index (κ1) is 21.7. The van der Waals surface area contributed by atoms with Gasteiger partial charge in [0, 0.05) is 60.9 Å². The van der Waals surface area contributed by atoms with Crippen molar-refractivity contribution in [1.82, 2.24) is 14.8 Å². The van der Waals surface area contributed by atoms with E-state index in [1.165, 1.54) is 34.1 Å². The van der Waals surface area contributed by atoms with Crippen LogP contribution in [-0.2, 0) is 6.54 Å². The molecule has 3 aliphatic rings. The summed E-state index contributed by atoms with van der Waals surface area (Å²) in [6.45, 7) is 10.9. The van der Waals surface area contributed by atoms with E-state index < -0.39 is 5.97 Å². The highest BCUT2D eigenvalue weighted by Crippen LogP contribution is 2.65. The molecule has 2 aliphatic heterocycles. The van der Waals surface area contributed by atoms with Gasteiger partial charge < -0.3 is 14.8 Å². The number of fused-ring (bicyclic) bond motifs is 4. The van der Waals surface area contributed by atoms with Gasteiger partial charge in [0.1, 0.15) is 5.75 Å². The predicted molar refractivity (Wildman–Crippen MR) is 132 cm³/mol. The molecule has 178 valence electrons. The number of nitrogens with one attached hydrogen (secondary N) is 1. The number of hydrogen-bond acceptors (Lipinski definition) is 4. The zero-order valence-electron chi connectivity index (χ0n) is 20.3. The van der Waals surface area contributed by atoms with Gasteiger partial charge in [-0.05, 0) is 59.6 Å². The first-order chi connectivity index (χ1) is 16.3. The Morgan fingerprint density at radius 3 is 2.65 bits per heavy atom. The summed E-state index contributed by atoms with van der Waals surface area (Å²) in [6.07, 6.45) is 2.01. The molecular formula is C28H33N3O3. The Morgan fingerprint density at radius 2 is 1.94 bits per heavy atom. The number of methoxy groups -OCH3 is 1. The van der Waals surface area contributed by atoms with E-state index in [0.29, 0.717) is 17.0 Å². The number of aromatic amines is 1. The van der Waals surface area contributed by atoms with Crippen LogP contribution in [-0.4, -0.2) is 58.6 Å². The van der Waals surface area contributed by atoms with Crippen molar-refractivity contribution in [3.8, 4) is 5.75 Å². The van der Waals surface area contributed by atoms with Crippen LogP contribution in [0.25, 0.3) is 10.9 Å². The molecule has 0 radical (unpaired) electrons. The number of piperidine rings is 1. The first-order valence-electron chi connectivity index (χ1n) is 12.2. The number of aromatic nitrogens is 1. The molecule has 3 aromatic rings. The van der Waals surface area contributed by atoms with Crippen LogP contribution in [0.15, 0.2) is 42.6 Å². The number of H-pyrrole nitrogens is 1. The summed E-state index contributed by atoms with van der Waals surface area (Å²) >= 11 is 0. The zero-order valence-corrected chi connectivity index (χ0v) is 20.3. The lowest BCUT2D eigenvalue weighted by molar-refractivity contribution is 0.0209. The lowest BCUT2D eigenvalue weighted by Gasteiger charge is -2.46. The molecule has 6 rings (SSSR count). The molecule has 3 unspecified atom stereocenters. The molecule has 6 nitrogen and oxygen atoms in total. The molecule has 4 atom stereocenters. The molecule has 2 saturated heterocycles. The molecule has 0 amide bonds. The lowest BCUT2D eigenvalue weighted by atomic mass is 9.93. The van der Waals surface area contributed by atoms with Gasteiger partial charge in [0.05, 0.1) is 12.7 Å². The summed E-state index contributed by atoms with van der Waals surface area (Å²) in [5.74, 6) is 1.60. The van der Waals surface area contributed by atoms with Crippen LogP contribution in [0.4, 0.5) is 0 Å². The van der Waals surface area contributed by atoms with Gasteiger partial charge in [-0.25, -0.2) is 4.79 Å². The Balaban J connectivity index is 1.38. The molecule has 0 bridgehead atoms. The number of nitrogens with zero attached hydrogens (tertiary/aromatic N) is 2. The van der Waals surface area contributed by atoms with Crippen molar-refractivity contribution in [3.05, 3.63) is 64.8 Å². The molecule has 6 heteroatoms. The Kier molecular flexibility index (Phi) is 4.84. The van der Waals surface area contributed by atoms with Crippen molar-refractivity contribution in [3.63, 3.8) is 0 Å². The number of carboxylic acids is 1. The molecule has 2 aromatic carbocycles. The first-order valence-corrected chi connectivity index (χ1v) is 12.2. The van der Waals surface area contributed by atoms with E-state index in [-0.39, 0.29) is 6.04 Å². The Labute approximate surface area is 200 Å². The summed E-state index contributed by atoms with van der Waals surface area (Å²) in [6, 6.07) is 12.6. The Hall–Kier alpha value is -2.83. The highest BCUT2D eigenvalue weighted by molar-refractivity contribution is 5.88. The molecule has 2 N–H and O–H groups in total. The molecule has 34 heavy (non-hydrogen) atoms. The minimum Gasteiger partial charge on any atom is -0.496 e. The fraction of sp³-hybridized carbons (Fsp3) is 0.464. The van der Waals surface area contributed by atoms with Crippen LogP contribution in [0.2, 0.25) is 0 Å². The maximum absolute atomic E-state index is 11.4. The lowest BCUT2D eigenvalue weighted by Crippen LogP contribution is -2.54. The van der Waals surface area contributed by atoms with E-state index in [9.17, 15) is 9.90 Å². The molecule has 0 spiro atoms. The number of aryl methyl sites for hydroxylation is 1. The highest BCUT2D eigenvalue weighted by atomic mass is 16.5. The van der Waals surface area contributed by atoms with Crippen LogP contribution in [0.5, 0.6) is 5.75 Å². The number of carboxylic acid groups (broad SMARTS) is 1. The normalized spacial score (nSPS) is 28.0. The number of carbonyl (C=O) groups is 1. The van der Waals surface area contributed by atoms with Crippen molar-refractivity contribution < 1.29 is 14.6 Å². The molecule has 1 saturated carbocycles. The van der Waals surface area contributed by atoms with Gasteiger partial charge in [-0.3, -0.25) is 9.80 Å². The quantitative estimate of drug-likeness (QED) is 0.579. The summed E-state index contributed by atoms with van der Waals surface area (Å²) in [5.41, 5.74) is 5.53. The van der Waals surface area contributed by atoms with E-state index in [4.69, 9.17) is 4.74 Å². The second kappa shape index (κ2) is 7.59. The molecule has 1 aromatic heterocycles. The van der Waals surface area contributed by atoms with Crippen molar-refractivity contribution in [2.24, 2.45) is 17.3 Å². The largest absolute Gasteiger partial charge is 0.496 e. The Morgan fingerprint density at radius 1 is 1.18 bits per heavy atom. The number of ether oxygens (including phenoxy) is 1. The van der Waals surface area contributed by atoms with E-state index >= 15 is 0 Å². The SMILES string of the molecule is COc1cc(C)c2[nH]ccc2c1CN1CC2C3C(CN2C[C@H]1c1ccc(C(=O)O)cc1)C3(C)C. The van der Waals surface area contributed by atoms with E-state index in [0.717, 1.165) is 37.2 Å². The van der Waals surface area contributed by atoms with Crippen molar-refractivity contribution in [2.45, 2.75) is 39.4 Å². The zero-order chi connectivity index (χ0) is 23.8. The van der Waals surface area contributed by atoms with Gasteiger partial charge in [0.2, 0.25) is 0 Å². The average molecular weight is 460 g/mol. The summed E-state index contributed by atoms with van der Waals surface area (Å²) in [5, 5.41) is 10.6. The van der Waals surface area contributed by atoms with Crippen LogP contribution in [0.1, 0.15) is 46.9 Å². The monoisotopic (exact) mass is 459 g/mol. The fourth-order valence-electron chi connectivity index (χ4n) is 6.98. The number of hydrogen-bond donors (Lipinski definition) is 2. The number of piperazine rings is 1. The van der Waals surface area contributed by atoms with E-state index in [1.54, 1.807) is 19.2 Å². The van der Waals surface area contributed by atoms with Gasteiger partial charge >= 0.3 is 5.97 Å². The molecule has 1 aliphatic carbocycles. The van der Waals surface area contributed by atoms with Crippen LogP contribution >= 0.6 is 0 Å². The van der Waals surface area contributed by atoms with E-state index in [1.807, 2.05) is 18.3 Å². The minimum atomic E-state index is -0.881. The van der Waals surface area contributed by atoms with Crippen molar-refractivity contribution in [1.29, 1.82) is 0 Å². The predicted octanol–water partition coefficient (Wildman–Crippen LogP) is 4.70. The summed E-state index contributed by atoms with van der Waals surface area (Å²) in [4.78, 5) is 20.1. The summed E-state index contributed by atoms with van der Waals surface area (Å²) in [7, 11) is 1.76. The second-order valence-corrected chi connectivity index (χ2v) is 11.0. The van der Waals surface area contributed by atoms with Gasteiger partial charge in [0.25, 0.3) is 0 Å². The second-order valence-electron chi connectivity index (χ2n) is 11.0. The van der Waals surface area contributed by atoms with E-state index in [2.05, 4.69) is 47.7 Å². The maximum Gasteiger partial charge on any atom is 0.335 e. The third-order valence-electron chi connectivity index (χ3n) is 8.96. The minimum absolute atomic E-state index is 0.208. The third kappa shape index (κ3) is 3.19. The standard InChI is InChI=1S/C28H33N3O3/c1-16-11-24(34-4)20(19-9-10-29-26(16)19)12-30-15-23-25-21(28(25,2)3)13-31(23)14-22(30)17-5-7-18(8-6-17)27(32)33/h5-11,21-23,25,29H,12-15H2,1-4H3,(H,32,33)/t21?,22-,23?,25?/m0/s1. The van der Waals surface area contributed by atoms with Gasteiger partial charge in [-0.15, -0.1) is 0 Å². The van der Waals surface area contributed by atoms with Crippen LogP contribution < -0.4 is 4.74 Å². The molecular weight excluding hydrogens is 426 g/mol. The van der Waals surface area contributed by atoms with Crippen molar-refractivity contribution >= 4 is 16.9 Å². The maximum atomic E-state index is 11.4. The topological polar surface area (TPSA) is 68.8 Å². The van der Waals surface area contributed by atoms with Crippen LogP contribution in [0, 0.1) is 24.2 Å². The number of aromatic carboxylic acids is 1. The van der Waals surface area contributed by atoms with Gasteiger partial charge in [-0.2, -0.15) is 0 Å². The Bertz CT molecular complexity index is 1260. The smallest absolute Gasteiger partial charge is 0.335 e.